The topological polar surface area (TPSA) is 32.3 Å². The molecule has 3 nitrogen and oxygen atoms in total. The summed E-state index contributed by atoms with van der Waals surface area (Å²) in [4.78, 5) is 13.9. The molecule has 2 saturated heterocycles. The molecular formula is C11H19FN2O. The van der Waals surface area contributed by atoms with E-state index in [1.165, 1.54) is 0 Å². The smallest absolute Gasteiger partial charge is 0.226 e. The number of nitrogens with zero attached hydrogens (tertiary/aromatic N) is 1. The summed E-state index contributed by atoms with van der Waals surface area (Å²) in [5.41, 5.74) is 0. The molecule has 1 amide bonds. The minimum absolute atomic E-state index is 0.134. The van der Waals surface area contributed by atoms with E-state index in [4.69, 9.17) is 0 Å². The molecule has 0 aromatic carbocycles. The third-order valence-electron chi connectivity index (χ3n) is 3.38. The maximum Gasteiger partial charge on any atom is 0.226 e. The number of hydrogen-bond acceptors (Lipinski definition) is 2. The summed E-state index contributed by atoms with van der Waals surface area (Å²) in [7, 11) is 0. The number of carbonyl (C=O) groups excluding carboxylic acids is 1. The van der Waals surface area contributed by atoms with Crippen LogP contribution in [0.1, 0.15) is 25.7 Å². The predicted molar refractivity (Wildman–Crippen MR) is 56.3 cm³/mol. The zero-order valence-corrected chi connectivity index (χ0v) is 9.04. The quantitative estimate of drug-likeness (QED) is 0.704. The Hall–Kier alpha value is -0.640. The number of piperidine rings is 2. The fourth-order valence-corrected chi connectivity index (χ4v) is 2.39. The van der Waals surface area contributed by atoms with E-state index < -0.39 is 6.17 Å². The lowest BCUT2D eigenvalue weighted by Gasteiger charge is -2.33. The highest BCUT2D eigenvalue weighted by molar-refractivity contribution is 5.79. The average Bonchev–Trinajstić information content (AvgIpc) is 2.30. The molecule has 0 unspecified atom stereocenters. The second kappa shape index (κ2) is 4.92. The Morgan fingerprint density at radius 1 is 1.27 bits per heavy atom. The lowest BCUT2D eigenvalue weighted by atomic mass is 9.97. The van der Waals surface area contributed by atoms with Crippen LogP contribution in [0.3, 0.4) is 0 Å². The molecule has 0 spiro atoms. The highest BCUT2D eigenvalue weighted by Gasteiger charge is 2.28. The maximum atomic E-state index is 12.9. The summed E-state index contributed by atoms with van der Waals surface area (Å²) in [6, 6.07) is 0. The number of carbonyl (C=O) groups is 1. The van der Waals surface area contributed by atoms with Gasteiger partial charge >= 0.3 is 0 Å². The second-order valence-electron chi connectivity index (χ2n) is 4.54. The van der Waals surface area contributed by atoms with E-state index in [-0.39, 0.29) is 11.8 Å². The first kappa shape index (κ1) is 10.9. The number of hydrogen-bond donors (Lipinski definition) is 1. The third-order valence-corrected chi connectivity index (χ3v) is 3.38. The fraction of sp³-hybridized carbons (Fsp3) is 0.909. The summed E-state index contributed by atoms with van der Waals surface area (Å²) in [5.74, 6) is 0.365. The normalized spacial score (nSPS) is 29.1. The lowest BCUT2D eigenvalue weighted by Crippen LogP contribution is -2.46. The van der Waals surface area contributed by atoms with Crippen molar-refractivity contribution in [1.29, 1.82) is 0 Å². The van der Waals surface area contributed by atoms with Crippen molar-refractivity contribution >= 4 is 5.91 Å². The van der Waals surface area contributed by atoms with E-state index in [2.05, 4.69) is 5.32 Å². The van der Waals surface area contributed by atoms with Gasteiger partial charge in [-0.1, -0.05) is 0 Å². The SMILES string of the molecule is O=C([C@@H]1CCCNC1)N1CCC(F)CC1. The highest BCUT2D eigenvalue weighted by Crippen LogP contribution is 2.18. The molecule has 0 aromatic heterocycles. The summed E-state index contributed by atoms with van der Waals surface area (Å²) >= 11 is 0. The molecule has 0 radical (unpaired) electrons. The van der Waals surface area contributed by atoms with E-state index in [9.17, 15) is 9.18 Å². The van der Waals surface area contributed by atoms with Crippen LogP contribution in [0.15, 0.2) is 0 Å². The number of amides is 1. The summed E-state index contributed by atoms with van der Waals surface area (Å²) < 4.78 is 12.9. The maximum absolute atomic E-state index is 12.9. The van der Waals surface area contributed by atoms with E-state index in [1.807, 2.05) is 4.90 Å². The zero-order chi connectivity index (χ0) is 10.7. The van der Waals surface area contributed by atoms with E-state index in [1.54, 1.807) is 0 Å². The Balaban J connectivity index is 1.84. The molecule has 0 saturated carbocycles. The molecule has 1 atom stereocenters. The van der Waals surface area contributed by atoms with Gasteiger partial charge in [0.1, 0.15) is 6.17 Å². The lowest BCUT2D eigenvalue weighted by molar-refractivity contribution is -0.137. The monoisotopic (exact) mass is 214 g/mol. The van der Waals surface area contributed by atoms with Crippen LogP contribution in [0.4, 0.5) is 4.39 Å². The molecule has 86 valence electrons. The van der Waals surface area contributed by atoms with Crippen molar-refractivity contribution in [3.63, 3.8) is 0 Å². The molecule has 0 aliphatic carbocycles. The largest absolute Gasteiger partial charge is 0.342 e. The van der Waals surface area contributed by atoms with E-state index in [0.717, 1.165) is 25.9 Å². The summed E-state index contributed by atoms with van der Waals surface area (Å²) in [6.45, 7) is 3.04. The van der Waals surface area contributed by atoms with Crippen LogP contribution < -0.4 is 5.32 Å². The van der Waals surface area contributed by atoms with Crippen LogP contribution in [-0.2, 0) is 4.79 Å². The Kier molecular flexibility index (Phi) is 3.57. The molecule has 0 bridgehead atoms. The minimum atomic E-state index is -0.696. The Morgan fingerprint density at radius 3 is 2.60 bits per heavy atom. The van der Waals surface area contributed by atoms with Crippen molar-refractivity contribution < 1.29 is 9.18 Å². The minimum Gasteiger partial charge on any atom is -0.342 e. The van der Waals surface area contributed by atoms with Crippen LogP contribution in [-0.4, -0.2) is 43.2 Å². The fourth-order valence-electron chi connectivity index (χ4n) is 2.39. The van der Waals surface area contributed by atoms with Crippen LogP contribution in [0, 0.1) is 5.92 Å². The molecule has 2 aliphatic rings. The number of alkyl halides is 1. The number of likely N-dealkylation sites (tertiary alicyclic amines) is 1. The molecule has 2 heterocycles. The summed E-state index contributed by atoms with van der Waals surface area (Å²) in [6.07, 6.45) is 2.41. The van der Waals surface area contributed by atoms with Crippen LogP contribution in [0.2, 0.25) is 0 Å². The van der Waals surface area contributed by atoms with Crippen molar-refractivity contribution in [2.45, 2.75) is 31.9 Å². The number of rotatable bonds is 1. The summed E-state index contributed by atoms with van der Waals surface area (Å²) in [5, 5.41) is 3.24. The van der Waals surface area contributed by atoms with Crippen molar-refractivity contribution in [3.05, 3.63) is 0 Å². The van der Waals surface area contributed by atoms with Gasteiger partial charge in [0.05, 0.1) is 5.92 Å². The highest BCUT2D eigenvalue weighted by atomic mass is 19.1. The average molecular weight is 214 g/mol. The van der Waals surface area contributed by atoms with Gasteiger partial charge in [0, 0.05) is 19.6 Å². The third kappa shape index (κ3) is 2.68. The number of nitrogens with one attached hydrogen (secondary N) is 1. The van der Waals surface area contributed by atoms with Gasteiger partial charge in [0.15, 0.2) is 0 Å². The molecule has 4 heteroatoms. The van der Waals surface area contributed by atoms with Gasteiger partial charge in [-0.3, -0.25) is 4.79 Å². The van der Waals surface area contributed by atoms with Crippen LogP contribution in [0.5, 0.6) is 0 Å². The van der Waals surface area contributed by atoms with Crippen molar-refractivity contribution in [1.82, 2.24) is 10.2 Å². The Labute approximate surface area is 90.0 Å². The van der Waals surface area contributed by atoms with Gasteiger partial charge in [-0.15, -0.1) is 0 Å². The molecule has 0 aromatic rings. The molecule has 2 aliphatic heterocycles. The molecule has 15 heavy (non-hydrogen) atoms. The predicted octanol–water partition coefficient (Wildman–Crippen LogP) is 0.946. The standard InChI is InChI=1S/C11H19FN2O/c12-10-3-6-14(7-4-10)11(15)9-2-1-5-13-8-9/h9-10,13H,1-8H2/t9-/m1/s1. The van der Waals surface area contributed by atoms with Gasteiger partial charge in [-0.25, -0.2) is 4.39 Å². The van der Waals surface area contributed by atoms with Crippen molar-refractivity contribution in [2.75, 3.05) is 26.2 Å². The molecular weight excluding hydrogens is 195 g/mol. The van der Waals surface area contributed by atoms with Crippen LogP contribution in [0.25, 0.3) is 0 Å². The van der Waals surface area contributed by atoms with Gasteiger partial charge in [-0.05, 0) is 32.2 Å². The molecule has 2 fully saturated rings. The van der Waals surface area contributed by atoms with Crippen LogP contribution >= 0.6 is 0 Å². The van der Waals surface area contributed by atoms with Gasteiger partial charge in [0.25, 0.3) is 0 Å². The first-order valence-electron chi connectivity index (χ1n) is 5.91. The van der Waals surface area contributed by atoms with Crippen molar-refractivity contribution in [3.8, 4) is 0 Å². The first-order chi connectivity index (χ1) is 7.27. The number of halogens is 1. The van der Waals surface area contributed by atoms with E-state index >= 15 is 0 Å². The van der Waals surface area contributed by atoms with Gasteiger partial charge < -0.3 is 10.2 Å². The Morgan fingerprint density at radius 2 is 2.00 bits per heavy atom. The van der Waals surface area contributed by atoms with Crippen molar-refractivity contribution in [2.24, 2.45) is 5.92 Å². The molecule has 1 N–H and O–H groups in total. The van der Waals surface area contributed by atoms with E-state index in [0.29, 0.717) is 25.9 Å². The first-order valence-corrected chi connectivity index (χ1v) is 5.91. The van der Waals surface area contributed by atoms with Gasteiger partial charge in [0.2, 0.25) is 5.91 Å². The van der Waals surface area contributed by atoms with Gasteiger partial charge in [-0.2, -0.15) is 0 Å². The second-order valence-corrected chi connectivity index (χ2v) is 4.54. The zero-order valence-electron chi connectivity index (χ0n) is 9.04. The molecule has 2 rings (SSSR count). The Bertz CT molecular complexity index is 221.